The molecule has 0 aromatic carbocycles. The molecular weight excluding hydrogens is 225 g/mol. The van der Waals surface area contributed by atoms with E-state index in [-0.39, 0.29) is 12.3 Å². The van der Waals surface area contributed by atoms with Crippen molar-refractivity contribution in [3.63, 3.8) is 0 Å². The van der Waals surface area contributed by atoms with Gasteiger partial charge in [0.2, 0.25) is 0 Å². The molecule has 16 heavy (non-hydrogen) atoms. The number of halogens is 3. The molecule has 0 saturated carbocycles. The molecule has 2 N–H and O–H groups in total. The number of pyridine rings is 1. The summed E-state index contributed by atoms with van der Waals surface area (Å²) < 4.78 is 41.5. The normalized spacial score (nSPS) is 11.2. The van der Waals surface area contributed by atoms with Gasteiger partial charge in [-0.25, -0.2) is 9.78 Å². The maximum absolute atomic E-state index is 12.3. The van der Waals surface area contributed by atoms with Crippen LogP contribution in [0.15, 0.2) is 12.1 Å². The minimum atomic E-state index is -4.64. The van der Waals surface area contributed by atoms with Gasteiger partial charge in [-0.2, -0.15) is 13.2 Å². The Morgan fingerprint density at radius 3 is 2.62 bits per heavy atom. The van der Waals surface area contributed by atoms with Crippen molar-refractivity contribution < 1.29 is 22.7 Å². The molecule has 0 aliphatic carbocycles. The Balaban J connectivity index is 3.13. The van der Waals surface area contributed by atoms with E-state index in [4.69, 9.17) is 5.73 Å². The molecule has 0 radical (unpaired) electrons. The van der Waals surface area contributed by atoms with Crippen molar-refractivity contribution in [2.24, 2.45) is 0 Å². The molecule has 1 heterocycles. The highest BCUT2D eigenvalue weighted by Crippen LogP contribution is 2.29. The van der Waals surface area contributed by atoms with Gasteiger partial charge in [0.25, 0.3) is 0 Å². The van der Waals surface area contributed by atoms with Crippen molar-refractivity contribution >= 4 is 11.7 Å². The number of aromatic nitrogens is 1. The largest absolute Gasteiger partial charge is 0.461 e. The summed E-state index contributed by atoms with van der Waals surface area (Å²) in [5.41, 5.74) is 3.39. The smallest absolute Gasteiger partial charge is 0.433 e. The molecule has 0 spiro atoms. The van der Waals surface area contributed by atoms with Crippen LogP contribution in [-0.4, -0.2) is 17.6 Å². The van der Waals surface area contributed by atoms with Gasteiger partial charge in [-0.1, -0.05) is 0 Å². The number of nitrogen functional groups attached to an aromatic ring is 1. The number of hydrogen-bond acceptors (Lipinski definition) is 4. The quantitative estimate of drug-likeness (QED) is 0.793. The van der Waals surface area contributed by atoms with E-state index in [2.05, 4.69) is 9.72 Å². The van der Waals surface area contributed by atoms with E-state index in [9.17, 15) is 18.0 Å². The summed E-state index contributed by atoms with van der Waals surface area (Å²) >= 11 is 0. The fourth-order valence-electron chi connectivity index (χ4n) is 1.01. The third kappa shape index (κ3) is 2.85. The number of esters is 1. The van der Waals surface area contributed by atoms with Crippen molar-refractivity contribution in [3.8, 4) is 0 Å². The Hall–Kier alpha value is -1.79. The summed E-state index contributed by atoms with van der Waals surface area (Å²) in [6, 6.07) is 1.69. The van der Waals surface area contributed by atoms with Crippen LogP contribution in [0, 0.1) is 0 Å². The number of hydrogen-bond donors (Lipinski definition) is 1. The van der Waals surface area contributed by atoms with Crippen molar-refractivity contribution in [2.75, 3.05) is 12.3 Å². The first kappa shape index (κ1) is 12.3. The third-order valence-corrected chi connectivity index (χ3v) is 1.62. The number of carbonyl (C=O) groups excluding carboxylic acids is 1. The molecule has 7 heteroatoms. The fourth-order valence-corrected chi connectivity index (χ4v) is 1.01. The summed E-state index contributed by atoms with van der Waals surface area (Å²) in [5, 5.41) is 0. The van der Waals surface area contributed by atoms with Gasteiger partial charge in [-0.3, -0.25) is 0 Å². The molecule has 0 saturated heterocycles. The lowest BCUT2D eigenvalue weighted by atomic mass is 10.2. The zero-order valence-electron chi connectivity index (χ0n) is 8.34. The molecule has 1 aromatic heterocycles. The highest BCUT2D eigenvalue weighted by atomic mass is 19.4. The second kappa shape index (κ2) is 4.38. The fraction of sp³-hybridized carbons (Fsp3) is 0.333. The SMILES string of the molecule is CCOC(=O)c1cc(N)cc(C(F)(F)F)n1. The maximum atomic E-state index is 12.3. The van der Waals surface area contributed by atoms with Crippen LogP contribution in [0.4, 0.5) is 18.9 Å². The van der Waals surface area contributed by atoms with Crippen LogP contribution in [0.1, 0.15) is 23.1 Å². The van der Waals surface area contributed by atoms with Crippen LogP contribution >= 0.6 is 0 Å². The molecule has 0 amide bonds. The van der Waals surface area contributed by atoms with Crippen LogP contribution in [0.5, 0.6) is 0 Å². The Morgan fingerprint density at radius 2 is 2.12 bits per heavy atom. The van der Waals surface area contributed by atoms with Gasteiger partial charge in [-0.15, -0.1) is 0 Å². The molecule has 4 nitrogen and oxygen atoms in total. The van der Waals surface area contributed by atoms with Gasteiger partial charge in [0.1, 0.15) is 5.69 Å². The van der Waals surface area contributed by atoms with E-state index in [0.717, 1.165) is 6.07 Å². The highest BCUT2D eigenvalue weighted by molar-refractivity contribution is 5.88. The average Bonchev–Trinajstić information content (AvgIpc) is 2.16. The monoisotopic (exact) mass is 234 g/mol. The van der Waals surface area contributed by atoms with Crippen LogP contribution in [-0.2, 0) is 10.9 Å². The Morgan fingerprint density at radius 1 is 1.50 bits per heavy atom. The number of rotatable bonds is 2. The van der Waals surface area contributed by atoms with Crippen molar-refractivity contribution in [1.82, 2.24) is 4.98 Å². The standard InChI is InChI=1S/C9H9F3N2O2/c1-2-16-8(15)6-3-5(13)4-7(14-6)9(10,11)12/h3-4H,2H2,1H3,(H2,13,14). The van der Waals surface area contributed by atoms with Crippen molar-refractivity contribution in [1.29, 1.82) is 0 Å². The van der Waals surface area contributed by atoms with Crippen molar-refractivity contribution in [2.45, 2.75) is 13.1 Å². The Labute approximate surface area is 89.2 Å². The average molecular weight is 234 g/mol. The molecular formula is C9H9F3N2O2. The Bertz CT molecular complexity index is 404. The topological polar surface area (TPSA) is 65.2 Å². The van der Waals surface area contributed by atoms with Crippen molar-refractivity contribution in [3.05, 3.63) is 23.5 Å². The summed E-state index contributed by atoms with van der Waals surface area (Å²) in [4.78, 5) is 14.3. The molecule has 0 aliphatic rings. The lowest BCUT2D eigenvalue weighted by Gasteiger charge is -2.08. The molecule has 0 fully saturated rings. The van der Waals surface area contributed by atoms with Gasteiger partial charge in [0, 0.05) is 5.69 Å². The molecule has 0 unspecified atom stereocenters. The molecule has 1 rings (SSSR count). The van der Waals surface area contributed by atoms with E-state index in [1.165, 1.54) is 6.92 Å². The van der Waals surface area contributed by atoms with Gasteiger partial charge in [0.15, 0.2) is 5.69 Å². The predicted molar refractivity (Wildman–Crippen MR) is 49.6 cm³/mol. The van der Waals surface area contributed by atoms with E-state index < -0.39 is 23.5 Å². The maximum Gasteiger partial charge on any atom is 0.433 e. The number of anilines is 1. The number of nitrogens with two attached hydrogens (primary N) is 1. The number of ether oxygens (including phenoxy) is 1. The van der Waals surface area contributed by atoms with Crippen LogP contribution in [0.25, 0.3) is 0 Å². The first-order valence-corrected chi connectivity index (χ1v) is 4.36. The lowest BCUT2D eigenvalue weighted by molar-refractivity contribution is -0.141. The lowest BCUT2D eigenvalue weighted by Crippen LogP contribution is -2.14. The zero-order chi connectivity index (χ0) is 12.3. The molecule has 0 atom stereocenters. The number of carbonyl (C=O) groups is 1. The third-order valence-electron chi connectivity index (χ3n) is 1.62. The van der Waals surface area contributed by atoms with E-state index in [1.807, 2.05) is 0 Å². The summed E-state index contributed by atoms with van der Waals surface area (Å²) in [5.74, 6) is -0.930. The minimum Gasteiger partial charge on any atom is -0.461 e. The first-order chi connectivity index (χ1) is 7.34. The molecule has 88 valence electrons. The number of alkyl halides is 3. The first-order valence-electron chi connectivity index (χ1n) is 4.36. The molecule has 0 aliphatic heterocycles. The van der Waals surface area contributed by atoms with Crippen LogP contribution in [0.3, 0.4) is 0 Å². The second-order valence-electron chi connectivity index (χ2n) is 2.89. The van der Waals surface area contributed by atoms with Gasteiger partial charge >= 0.3 is 12.1 Å². The van der Waals surface area contributed by atoms with Crippen LogP contribution in [0.2, 0.25) is 0 Å². The number of nitrogens with zero attached hydrogens (tertiary/aromatic N) is 1. The zero-order valence-corrected chi connectivity index (χ0v) is 8.34. The van der Waals surface area contributed by atoms with E-state index in [1.54, 1.807) is 0 Å². The predicted octanol–water partition coefficient (Wildman–Crippen LogP) is 1.86. The van der Waals surface area contributed by atoms with Gasteiger partial charge in [0.05, 0.1) is 6.61 Å². The van der Waals surface area contributed by atoms with Gasteiger partial charge < -0.3 is 10.5 Å². The Kier molecular flexibility index (Phi) is 3.36. The second-order valence-corrected chi connectivity index (χ2v) is 2.89. The summed E-state index contributed by atoms with van der Waals surface area (Å²) in [7, 11) is 0. The summed E-state index contributed by atoms with van der Waals surface area (Å²) in [6.45, 7) is 1.59. The van der Waals surface area contributed by atoms with E-state index >= 15 is 0 Å². The molecule has 0 bridgehead atoms. The highest BCUT2D eigenvalue weighted by Gasteiger charge is 2.33. The minimum absolute atomic E-state index is 0.0522. The summed E-state index contributed by atoms with van der Waals surface area (Å²) in [6.07, 6.45) is -4.64. The van der Waals surface area contributed by atoms with E-state index in [0.29, 0.717) is 6.07 Å². The van der Waals surface area contributed by atoms with Gasteiger partial charge in [-0.05, 0) is 19.1 Å². The molecule has 1 aromatic rings. The van der Waals surface area contributed by atoms with Crippen LogP contribution < -0.4 is 5.73 Å².